The summed E-state index contributed by atoms with van der Waals surface area (Å²) in [5, 5.41) is 11.1. The van der Waals surface area contributed by atoms with Gasteiger partial charge in [-0.15, -0.1) is 5.10 Å². The zero-order valence-electron chi connectivity index (χ0n) is 15.7. The zero-order chi connectivity index (χ0) is 18.8. The number of amides is 1. The van der Waals surface area contributed by atoms with Gasteiger partial charge in [0.25, 0.3) is 5.91 Å². The summed E-state index contributed by atoms with van der Waals surface area (Å²) in [4.78, 5) is 19.4. The zero-order valence-corrected chi connectivity index (χ0v) is 15.7. The molecule has 1 aliphatic rings. The highest BCUT2D eigenvalue weighted by molar-refractivity contribution is 5.96. The molecule has 1 N–H and O–H groups in total. The molecule has 0 bridgehead atoms. The fourth-order valence-corrected chi connectivity index (χ4v) is 3.69. The van der Waals surface area contributed by atoms with Crippen LogP contribution >= 0.6 is 0 Å². The number of nitrogens with one attached hydrogen (secondary N) is 1. The fraction of sp³-hybridized carbons (Fsp3) is 0.400. The molecule has 0 aliphatic carbocycles. The second-order valence-electron chi connectivity index (χ2n) is 7.15. The molecule has 2 aromatic heterocycles. The van der Waals surface area contributed by atoms with Crippen LogP contribution in [-0.2, 0) is 7.05 Å². The van der Waals surface area contributed by atoms with Crippen molar-refractivity contribution in [3.8, 4) is 0 Å². The molecule has 1 amide bonds. The lowest BCUT2D eigenvalue weighted by Gasteiger charge is -2.36. The van der Waals surface area contributed by atoms with E-state index in [0.29, 0.717) is 22.8 Å². The number of nitrogens with zero attached hydrogens (tertiary/aromatic N) is 5. The maximum Gasteiger partial charge on any atom is 0.253 e. The Morgan fingerprint density at radius 1 is 1.22 bits per heavy atom. The predicted octanol–water partition coefficient (Wildman–Crippen LogP) is 2.32. The lowest BCUT2D eigenvalue weighted by Crippen LogP contribution is -2.45. The standard InChI is InChI=1S/C20H24N6O/c1-14(15-6-4-3-5-7-15)26-10-8-17(9-11-26)22-20(27)16-12-18-19(21-13-16)25(2)24-23-18/h3-7,12-14,17H,8-11H2,1-2H3,(H,22,27)/t14-/m1/s1. The van der Waals surface area contributed by atoms with Gasteiger partial charge in [-0.05, 0) is 31.4 Å². The number of carbonyl (C=O) groups excluding carboxylic acids is 1. The number of piperidine rings is 1. The third-order valence-electron chi connectivity index (χ3n) is 5.40. The van der Waals surface area contributed by atoms with E-state index in [9.17, 15) is 4.79 Å². The number of hydrogen-bond acceptors (Lipinski definition) is 5. The summed E-state index contributed by atoms with van der Waals surface area (Å²) in [6, 6.07) is 12.9. The molecule has 7 heteroatoms. The Kier molecular flexibility index (Phi) is 4.85. The third kappa shape index (κ3) is 3.68. The van der Waals surface area contributed by atoms with Crippen LogP contribution in [0.2, 0.25) is 0 Å². The van der Waals surface area contributed by atoms with Crippen molar-refractivity contribution in [2.75, 3.05) is 13.1 Å². The van der Waals surface area contributed by atoms with Crippen LogP contribution in [0, 0.1) is 0 Å². The van der Waals surface area contributed by atoms with E-state index in [0.717, 1.165) is 25.9 Å². The summed E-state index contributed by atoms with van der Waals surface area (Å²) in [5.74, 6) is -0.0930. The maximum atomic E-state index is 12.6. The second-order valence-corrected chi connectivity index (χ2v) is 7.15. The van der Waals surface area contributed by atoms with E-state index in [4.69, 9.17) is 0 Å². The third-order valence-corrected chi connectivity index (χ3v) is 5.40. The lowest BCUT2D eigenvalue weighted by atomic mass is 10.00. The van der Waals surface area contributed by atoms with E-state index in [-0.39, 0.29) is 11.9 Å². The summed E-state index contributed by atoms with van der Waals surface area (Å²) in [7, 11) is 1.78. The van der Waals surface area contributed by atoms with Crippen LogP contribution in [0.5, 0.6) is 0 Å². The first-order valence-corrected chi connectivity index (χ1v) is 9.37. The van der Waals surface area contributed by atoms with Crippen LogP contribution in [0.15, 0.2) is 42.6 Å². The predicted molar refractivity (Wildman–Crippen MR) is 103 cm³/mol. The summed E-state index contributed by atoms with van der Waals surface area (Å²) in [6.45, 7) is 4.20. The van der Waals surface area contributed by atoms with Crippen molar-refractivity contribution in [3.63, 3.8) is 0 Å². The van der Waals surface area contributed by atoms with Crippen LogP contribution in [0.25, 0.3) is 11.2 Å². The average molecular weight is 364 g/mol. The molecule has 1 aromatic carbocycles. The Bertz CT molecular complexity index is 930. The first kappa shape index (κ1) is 17.6. The van der Waals surface area contributed by atoms with Gasteiger partial charge in [-0.2, -0.15) is 0 Å². The maximum absolute atomic E-state index is 12.6. The topological polar surface area (TPSA) is 75.9 Å². The van der Waals surface area contributed by atoms with E-state index in [2.05, 4.69) is 56.7 Å². The fourth-order valence-electron chi connectivity index (χ4n) is 3.69. The first-order chi connectivity index (χ1) is 13.1. The van der Waals surface area contributed by atoms with E-state index in [1.807, 2.05) is 6.07 Å². The average Bonchev–Trinajstić information content (AvgIpc) is 3.09. The van der Waals surface area contributed by atoms with Gasteiger partial charge < -0.3 is 5.32 Å². The minimum atomic E-state index is -0.0930. The van der Waals surface area contributed by atoms with Crippen LogP contribution in [0.3, 0.4) is 0 Å². The molecule has 0 unspecified atom stereocenters. The van der Waals surface area contributed by atoms with Crippen molar-refractivity contribution >= 4 is 17.1 Å². The molecule has 1 aliphatic heterocycles. The quantitative estimate of drug-likeness (QED) is 0.769. The van der Waals surface area contributed by atoms with Crippen LogP contribution in [0.1, 0.15) is 41.7 Å². The van der Waals surface area contributed by atoms with Crippen molar-refractivity contribution in [2.24, 2.45) is 7.05 Å². The molecule has 3 heterocycles. The van der Waals surface area contributed by atoms with Gasteiger partial charge >= 0.3 is 0 Å². The van der Waals surface area contributed by atoms with Gasteiger partial charge in [0.05, 0.1) is 5.56 Å². The Hall–Kier alpha value is -2.80. The van der Waals surface area contributed by atoms with Crippen LogP contribution in [0.4, 0.5) is 0 Å². The highest BCUT2D eigenvalue weighted by Gasteiger charge is 2.25. The summed E-state index contributed by atoms with van der Waals surface area (Å²) in [5.41, 5.74) is 3.18. The molecule has 1 atom stereocenters. The highest BCUT2D eigenvalue weighted by Crippen LogP contribution is 2.24. The van der Waals surface area contributed by atoms with Crippen molar-refractivity contribution in [1.82, 2.24) is 30.2 Å². The van der Waals surface area contributed by atoms with E-state index in [1.165, 1.54) is 5.56 Å². The Morgan fingerprint density at radius 3 is 2.70 bits per heavy atom. The number of pyridine rings is 1. The molecule has 0 spiro atoms. The minimum Gasteiger partial charge on any atom is -0.349 e. The number of rotatable bonds is 4. The highest BCUT2D eigenvalue weighted by atomic mass is 16.1. The van der Waals surface area contributed by atoms with Crippen molar-refractivity contribution in [2.45, 2.75) is 31.8 Å². The Balaban J connectivity index is 1.35. The lowest BCUT2D eigenvalue weighted by molar-refractivity contribution is 0.0896. The first-order valence-electron chi connectivity index (χ1n) is 9.37. The number of hydrogen-bond donors (Lipinski definition) is 1. The van der Waals surface area contributed by atoms with Gasteiger partial charge in [-0.1, -0.05) is 35.5 Å². The smallest absolute Gasteiger partial charge is 0.253 e. The molecule has 4 rings (SSSR count). The van der Waals surface area contributed by atoms with Gasteiger partial charge in [0, 0.05) is 38.4 Å². The SMILES string of the molecule is C[C@H](c1ccccc1)N1CCC(NC(=O)c2cnc3c(c2)nnn3C)CC1. The number of aromatic nitrogens is 4. The van der Waals surface area contributed by atoms with Gasteiger partial charge in [0.2, 0.25) is 0 Å². The molecule has 140 valence electrons. The molecule has 1 saturated heterocycles. The van der Waals surface area contributed by atoms with E-state index >= 15 is 0 Å². The van der Waals surface area contributed by atoms with Gasteiger partial charge in [0.15, 0.2) is 5.65 Å². The normalized spacial score (nSPS) is 17.1. The molecule has 27 heavy (non-hydrogen) atoms. The number of fused-ring (bicyclic) bond motifs is 1. The molecular weight excluding hydrogens is 340 g/mol. The van der Waals surface area contributed by atoms with Crippen molar-refractivity contribution in [1.29, 1.82) is 0 Å². The molecule has 0 saturated carbocycles. The van der Waals surface area contributed by atoms with Gasteiger partial charge in [-0.25, -0.2) is 9.67 Å². The minimum absolute atomic E-state index is 0.0930. The van der Waals surface area contributed by atoms with E-state index < -0.39 is 0 Å². The number of likely N-dealkylation sites (tertiary alicyclic amines) is 1. The molecule has 7 nitrogen and oxygen atoms in total. The summed E-state index contributed by atoms with van der Waals surface area (Å²) >= 11 is 0. The second kappa shape index (κ2) is 7.44. The van der Waals surface area contributed by atoms with E-state index in [1.54, 1.807) is 24.0 Å². The number of carbonyl (C=O) groups is 1. The Labute approximate surface area is 158 Å². The Morgan fingerprint density at radius 2 is 1.96 bits per heavy atom. The largest absolute Gasteiger partial charge is 0.349 e. The van der Waals surface area contributed by atoms with Crippen molar-refractivity contribution in [3.05, 3.63) is 53.7 Å². The van der Waals surface area contributed by atoms with Gasteiger partial charge in [-0.3, -0.25) is 9.69 Å². The number of aryl methyl sites for hydroxylation is 1. The van der Waals surface area contributed by atoms with Crippen LogP contribution in [-0.4, -0.2) is 49.9 Å². The molecular formula is C20H24N6O. The molecule has 3 aromatic rings. The number of benzene rings is 1. The van der Waals surface area contributed by atoms with Gasteiger partial charge in [0.1, 0.15) is 5.52 Å². The molecule has 1 fully saturated rings. The van der Waals surface area contributed by atoms with Crippen LogP contribution < -0.4 is 5.32 Å². The summed E-state index contributed by atoms with van der Waals surface area (Å²) in [6.07, 6.45) is 3.49. The monoisotopic (exact) mass is 364 g/mol. The summed E-state index contributed by atoms with van der Waals surface area (Å²) < 4.78 is 1.60. The molecule has 0 radical (unpaired) electrons. The van der Waals surface area contributed by atoms with Crippen molar-refractivity contribution < 1.29 is 4.79 Å².